The number of sulfonamides is 1. The normalized spacial score (nSPS) is 10.8. The molecular formula is C19H21N3O6S. The van der Waals surface area contributed by atoms with Gasteiger partial charge in [-0.15, -0.1) is 0 Å². The van der Waals surface area contributed by atoms with Gasteiger partial charge in [-0.3, -0.25) is 9.59 Å². The summed E-state index contributed by atoms with van der Waals surface area (Å²) in [5, 5.41) is 5.18. The fourth-order valence-electron chi connectivity index (χ4n) is 2.32. The van der Waals surface area contributed by atoms with Gasteiger partial charge in [0.1, 0.15) is 0 Å². The largest absolute Gasteiger partial charge is 0.452 e. The van der Waals surface area contributed by atoms with Crippen LogP contribution in [-0.2, 0) is 19.6 Å². The van der Waals surface area contributed by atoms with Gasteiger partial charge in [0, 0.05) is 17.8 Å². The highest BCUT2D eigenvalue weighted by Gasteiger charge is 2.16. The van der Waals surface area contributed by atoms with E-state index in [4.69, 9.17) is 4.74 Å². The fourth-order valence-corrected chi connectivity index (χ4v) is 3.10. The minimum Gasteiger partial charge on any atom is -0.452 e. The molecule has 2 aromatic carbocycles. The first-order valence-electron chi connectivity index (χ1n) is 8.65. The molecule has 2 amide bonds. The first-order chi connectivity index (χ1) is 13.8. The number of ether oxygens (including phenoxy) is 1. The number of carbonyl (C=O) groups excluding carboxylic acids is 3. The van der Waals surface area contributed by atoms with Gasteiger partial charge in [-0.2, -0.15) is 0 Å². The van der Waals surface area contributed by atoms with Crippen LogP contribution in [0.3, 0.4) is 0 Å². The van der Waals surface area contributed by atoms with Crippen LogP contribution >= 0.6 is 0 Å². The Labute approximate surface area is 168 Å². The minimum atomic E-state index is -3.71. The SMILES string of the molecule is CCNC(=O)c1cccc(NC(=O)COC(=O)c2cccc(S(=O)(=O)NC)c2)c1. The van der Waals surface area contributed by atoms with Gasteiger partial charge >= 0.3 is 5.97 Å². The topological polar surface area (TPSA) is 131 Å². The number of amides is 2. The lowest BCUT2D eigenvalue weighted by Crippen LogP contribution is -2.23. The number of esters is 1. The van der Waals surface area contributed by atoms with Gasteiger partial charge in [0.15, 0.2) is 6.61 Å². The molecule has 0 unspecified atom stereocenters. The summed E-state index contributed by atoms with van der Waals surface area (Å²) >= 11 is 0. The lowest BCUT2D eigenvalue weighted by atomic mass is 10.2. The summed E-state index contributed by atoms with van der Waals surface area (Å²) in [5.74, 6) is -1.72. The maximum atomic E-state index is 12.1. The molecule has 0 saturated carbocycles. The van der Waals surface area contributed by atoms with E-state index in [0.717, 1.165) is 6.07 Å². The Kier molecular flexibility index (Phi) is 7.46. The lowest BCUT2D eigenvalue weighted by Gasteiger charge is -2.09. The maximum Gasteiger partial charge on any atom is 0.338 e. The molecule has 10 heteroatoms. The Morgan fingerprint density at radius 1 is 1.00 bits per heavy atom. The molecule has 0 heterocycles. The van der Waals surface area contributed by atoms with Crippen molar-refractivity contribution in [2.45, 2.75) is 11.8 Å². The molecule has 0 spiro atoms. The number of anilines is 1. The number of carbonyl (C=O) groups is 3. The lowest BCUT2D eigenvalue weighted by molar-refractivity contribution is -0.119. The first-order valence-corrected chi connectivity index (χ1v) is 10.1. The van der Waals surface area contributed by atoms with Gasteiger partial charge in [-0.05, 0) is 50.4 Å². The van der Waals surface area contributed by atoms with Crippen molar-refractivity contribution < 1.29 is 27.5 Å². The van der Waals surface area contributed by atoms with Crippen LogP contribution in [0.25, 0.3) is 0 Å². The Hall–Kier alpha value is -3.24. The molecule has 0 aromatic heterocycles. The summed E-state index contributed by atoms with van der Waals surface area (Å²) in [6.07, 6.45) is 0. The summed E-state index contributed by atoms with van der Waals surface area (Å²) in [4.78, 5) is 35.9. The van der Waals surface area contributed by atoms with Gasteiger partial charge in [0.2, 0.25) is 10.0 Å². The van der Waals surface area contributed by atoms with E-state index in [1.165, 1.54) is 31.3 Å². The van der Waals surface area contributed by atoms with Crippen LogP contribution in [-0.4, -0.2) is 46.4 Å². The number of rotatable bonds is 8. The predicted octanol–water partition coefficient (Wildman–Crippen LogP) is 1.14. The van der Waals surface area contributed by atoms with Gasteiger partial charge in [0.05, 0.1) is 10.5 Å². The molecule has 0 aliphatic heterocycles. The predicted molar refractivity (Wildman–Crippen MR) is 106 cm³/mol. The van der Waals surface area contributed by atoms with Gasteiger partial charge in [-0.25, -0.2) is 17.9 Å². The second kappa shape index (κ2) is 9.80. The quantitative estimate of drug-likeness (QED) is 0.550. The molecule has 154 valence electrons. The van der Waals surface area contributed by atoms with E-state index in [2.05, 4.69) is 15.4 Å². The second-order valence-electron chi connectivity index (χ2n) is 5.80. The molecule has 2 rings (SSSR count). The van der Waals surface area contributed by atoms with Crippen molar-refractivity contribution in [3.63, 3.8) is 0 Å². The van der Waals surface area contributed by atoms with E-state index >= 15 is 0 Å². The van der Waals surface area contributed by atoms with E-state index in [-0.39, 0.29) is 16.4 Å². The van der Waals surface area contributed by atoms with E-state index < -0.39 is 28.5 Å². The van der Waals surface area contributed by atoms with Crippen molar-refractivity contribution in [1.82, 2.24) is 10.0 Å². The van der Waals surface area contributed by atoms with Gasteiger partial charge < -0.3 is 15.4 Å². The number of benzene rings is 2. The zero-order valence-electron chi connectivity index (χ0n) is 15.9. The number of nitrogens with one attached hydrogen (secondary N) is 3. The van der Waals surface area contributed by atoms with Crippen molar-refractivity contribution in [3.8, 4) is 0 Å². The standard InChI is InChI=1S/C19H21N3O6S/c1-3-21-18(24)13-6-4-8-15(10-13)22-17(23)12-28-19(25)14-7-5-9-16(11-14)29(26,27)20-2/h4-11,20H,3,12H2,1-2H3,(H,21,24)(H,22,23). The van der Waals surface area contributed by atoms with Crippen LogP contribution in [0.1, 0.15) is 27.6 Å². The van der Waals surface area contributed by atoms with Crippen LogP contribution in [0.15, 0.2) is 53.4 Å². The summed E-state index contributed by atoms with van der Waals surface area (Å²) in [5.41, 5.74) is 0.744. The smallest absolute Gasteiger partial charge is 0.338 e. The van der Waals surface area contributed by atoms with Crippen molar-refractivity contribution in [3.05, 3.63) is 59.7 Å². The number of hydrogen-bond acceptors (Lipinski definition) is 6. The molecule has 29 heavy (non-hydrogen) atoms. The van der Waals surface area contributed by atoms with Crippen LogP contribution in [0.4, 0.5) is 5.69 Å². The molecule has 0 atom stereocenters. The average molecular weight is 419 g/mol. The molecule has 2 aromatic rings. The maximum absolute atomic E-state index is 12.1. The summed E-state index contributed by atoms with van der Waals surface area (Å²) in [6, 6.07) is 11.6. The summed E-state index contributed by atoms with van der Waals surface area (Å²) in [7, 11) is -2.46. The Balaban J connectivity index is 1.98. The zero-order valence-corrected chi connectivity index (χ0v) is 16.7. The van der Waals surface area contributed by atoms with Crippen molar-refractivity contribution in [2.75, 3.05) is 25.5 Å². The van der Waals surface area contributed by atoms with Crippen molar-refractivity contribution in [2.24, 2.45) is 0 Å². The molecule has 0 radical (unpaired) electrons. The molecule has 0 bridgehead atoms. The Bertz CT molecular complexity index is 1020. The Morgan fingerprint density at radius 2 is 1.69 bits per heavy atom. The Morgan fingerprint density at radius 3 is 2.38 bits per heavy atom. The van der Waals surface area contributed by atoms with Crippen LogP contribution in [0.2, 0.25) is 0 Å². The monoisotopic (exact) mass is 419 g/mol. The molecule has 0 fully saturated rings. The van der Waals surface area contributed by atoms with Crippen LogP contribution in [0.5, 0.6) is 0 Å². The van der Waals surface area contributed by atoms with E-state index in [9.17, 15) is 22.8 Å². The number of hydrogen-bond donors (Lipinski definition) is 3. The van der Waals surface area contributed by atoms with E-state index in [1.54, 1.807) is 25.1 Å². The third-order valence-electron chi connectivity index (χ3n) is 3.73. The van der Waals surface area contributed by atoms with E-state index in [1.807, 2.05) is 0 Å². The molecule has 0 saturated heterocycles. The fraction of sp³-hybridized carbons (Fsp3) is 0.211. The molecular weight excluding hydrogens is 398 g/mol. The summed E-state index contributed by atoms with van der Waals surface area (Å²) in [6.45, 7) is 1.69. The highest BCUT2D eigenvalue weighted by atomic mass is 32.2. The third-order valence-corrected chi connectivity index (χ3v) is 5.14. The molecule has 3 N–H and O–H groups in total. The van der Waals surface area contributed by atoms with Crippen LogP contribution in [0, 0.1) is 0 Å². The highest BCUT2D eigenvalue weighted by molar-refractivity contribution is 7.89. The van der Waals surface area contributed by atoms with Crippen LogP contribution < -0.4 is 15.4 Å². The second-order valence-corrected chi connectivity index (χ2v) is 7.69. The third kappa shape index (κ3) is 6.13. The van der Waals surface area contributed by atoms with E-state index in [0.29, 0.717) is 17.8 Å². The van der Waals surface area contributed by atoms with Gasteiger partial charge in [-0.1, -0.05) is 12.1 Å². The van der Waals surface area contributed by atoms with Crippen molar-refractivity contribution in [1.29, 1.82) is 0 Å². The molecule has 0 aliphatic rings. The first kappa shape index (κ1) is 22.1. The average Bonchev–Trinajstić information content (AvgIpc) is 2.72. The zero-order chi connectivity index (χ0) is 21.4. The minimum absolute atomic E-state index is 0.00707. The van der Waals surface area contributed by atoms with Crippen molar-refractivity contribution >= 4 is 33.5 Å². The molecule has 0 aliphatic carbocycles. The molecule has 9 nitrogen and oxygen atoms in total. The summed E-state index contributed by atoms with van der Waals surface area (Å²) < 4.78 is 30.7. The van der Waals surface area contributed by atoms with Gasteiger partial charge in [0.25, 0.3) is 11.8 Å². The highest BCUT2D eigenvalue weighted by Crippen LogP contribution is 2.13.